The van der Waals surface area contributed by atoms with Crippen molar-refractivity contribution in [2.24, 2.45) is 0 Å². The van der Waals surface area contributed by atoms with Crippen molar-refractivity contribution in [3.05, 3.63) is 40.4 Å². The summed E-state index contributed by atoms with van der Waals surface area (Å²) in [5.74, 6) is 1.95. The summed E-state index contributed by atoms with van der Waals surface area (Å²) in [6.45, 7) is 2.15. The Bertz CT molecular complexity index is 482. The third kappa shape index (κ3) is 3.44. The Morgan fingerprint density at radius 3 is 2.76 bits per heavy atom. The van der Waals surface area contributed by atoms with Crippen molar-refractivity contribution < 1.29 is 0 Å². The molecule has 2 rings (SSSR count). The zero-order valence-corrected chi connectivity index (χ0v) is 11.6. The minimum absolute atomic E-state index is 0.886. The smallest absolute Gasteiger partial charge is 0.205 e. The number of hydrogen-bond acceptors (Lipinski definition) is 5. The number of nitrogens with one attached hydrogen (secondary N) is 1. The van der Waals surface area contributed by atoms with Crippen LogP contribution in [0.5, 0.6) is 0 Å². The minimum Gasteiger partial charge on any atom is -0.363 e. The average Bonchev–Trinajstić information content (AvgIpc) is 2.80. The van der Waals surface area contributed by atoms with Crippen LogP contribution in [-0.2, 0) is 11.5 Å². The first-order chi connectivity index (χ1) is 8.29. The molecular formula is C12H15N3S2. The van der Waals surface area contributed by atoms with E-state index in [1.807, 2.05) is 18.8 Å². The molecule has 0 bridgehead atoms. The van der Waals surface area contributed by atoms with E-state index in [1.165, 1.54) is 11.1 Å². The lowest BCUT2D eigenvalue weighted by Gasteiger charge is -2.03. The number of aryl methyl sites for hydroxylation is 1. The average molecular weight is 265 g/mol. The molecule has 0 aliphatic carbocycles. The minimum atomic E-state index is 0.886. The first-order valence-corrected chi connectivity index (χ1v) is 7.39. The summed E-state index contributed by atoms with van der Waals surface area (Å²) >= 11 is 3.50. The van der Waals surface area contributed by atoms with Gasteiger partial charge < -0.3 is 5.32 Å². The highest BCUT2D eigenvalue weighted by atomic mass is 32.2. The highest BCUT2D eigenvalue weighted by molar-refractivity contribution is 7.97. The standard InChI is InChI=1S/C12H15N3S2/c1-9-5-3-4-6-10(9)7-16-8-11-14-15-12(13-2)17-11/h3-6H,7-8H2,1-2H3,(H,13,15). The second-order valence-corrected chi connectivity index (χ2v) is 5.72. The molecule has 1 aromatic heterocycles. The Hall–Kier alpha value is -1.07. The lowest BCUT2D eigenvalue weighted by Crippen LogP contribution is -1.86. The number of thioether (sulfide) groups is 1. The molecule has 1 heterocycles. The molecule has 17 heavy (non-hydrogen) atoms. The van der Waals surface area contributed by atoms with E-state index < -0.39 is 0 Å². The van der Waals surface area contributed by atoms with Crippen LogP contribution >= 0.6 is 23.1 Å². The lowest BCUT2D eigenvalue weighted by atomic mass is 10.1. The number of hydrogen-bond donors (Lipinski definition) is 1. The molecule has 1 aromatic carbocycles. The van der Waals surface area contributed by atoms with Gasteiger partial charge in [-0.05, 0) is 18.1 Å². The normalized spacial score (nSPS) is 10.5. The molecule has 5 heteroatoms. The summed E-state index contributed by atoms with van der Waals surface area (Å²) in [7, 11) is 1.87. The molecule has 0 aliphatic heterocycles. The molecule has 2 aromatic rings. The zero-order valence-electron chi connectivity index (χ0n) is 9.93. The van der Waals surface area contributed by atoms with Gasteiger partial charge in [0.15, 0.2) is 0 Å². The van der Waals surface area contributed by atoms with Crippen molar-refractivity contribution in [1.82, 2.24) is 10.2 Å². The van der Waals surface area contributed by atoms with E-state index in [4.69, 9.17) is 0 Å². The third-order valence-electron chi connectivity index (χ3n) is 2.43. The number of aromatic nitrogens is 2. The van der Waals surface area contributed by atoms with Crippen LogP contribution in [0.1, 0.15) is 16.1 Å². The van der Waals surface area contributed by atoms with E-state index in [9.17, 15) is 0 Å². The van der Waals surface area contributed by atoms with E-state index in [0.29, 0.717) is 0 Å². The highest BCUT2D eigenvalue weighted by Crippen LogP contribution is 2.23. The second kappa shape index (κ2) is 6.02. The number of benzene rings is 1. The van der Waals surface area contributed by atoms with Crippen molar-refractivity contribution in [2.75, 3.05) is 12.4 Å². The maximum absolute atomic E-state index is 4.13. The Morgan fingerprint density at radius 2 is 2.06 bits per heavy atom. The van der Waals surface area contributed by atoms with Gasteiger partial charge in [-0.15, -0.1) is 22.0 Å². The predicted octanol–water partition coefficient (Wildman–Crippen LogP) is 3.32. The number of nitrogens with zero attached hydrogens (tertiary/aromatic N) is 2. The molecule has 0 aliphatic rings. The Labute approximate surface area is 110 Å². The van der Waals surface area contributed by atoms with Crippen LogP contribution in [0.4, 0.5) is 5.13 Å². The van der Waals surface area contributed by atoms with Crippen molar-refractivity contribution in [3.8, 4) is 0 Å². The summed E-state index contributed by atoms with van der Waals surface area (Å²) < 4.78 is 0. The van der Waals surface area contributed by atoms with Gasteiger partial charge in [-0.3, -0.25) is 0 Å². The van der Waals surface area contributed by atoms with E-state index >= 15 is 0 Å². The quantitative estimate of drug-likeness (QED) is 0.900. The molecule has 3 nitrogen and oxygen atoms in total. The van der Waals surface area contributed by atoms with Crippen LogP contribution in [0.2, 0.25) is 0 Å². The van der Waals surface area contributed by atoms with E-state index in [0.717, 1.165) is 21.6 Å². The van der Waals surface area contributed by atoms with Crippen LogP contribution in [0.3, 0.4) is 0 Å². The summed E-state index contributed by atoms with van der Waals surface area (Å²) in [5.41, 5.74) is 2.75. The van der Waals surface area contributed by atoms with Gasteiger partial charge in [0.1, 0.15) is 5.01 Å². The van der Waals surface area contributed by atoms with Crippen molar-refractivity contribution in [3.63, 3.8) is 0 Å². The van der Waals surface area contributed by atoms with Crippen LogP contribution in [0, 0.1) is 6.92 Å². The van der Waals surface area contributed by atoms with Gasteiger partial charge in [-0.1, -0.05) is 35.6 Å². The van der Waals surface area contributed by atoms with Crippen LogP contribution in [0.15, 0.2) is 24.3 Å². The highest BCUT2D eigenvalue weighted by Gasteiger charge is 2.03. The summed E-state index contributed by atoms with van der Waals surface area (Å²) in [6.07, 6.45) is 0. The first-order valence-electron chi connectivity index (χ1n) is 5.42. The van der Waals surface area contributed by atoms with Crippen LogP contribution < -0.4 is 5.32 Å². The van der Waals surface area contributed by atoms with E-state index in [2.05, 4.69) is 46.7 Å². The van der Waals surface area contributed by atoms with Crippen LogP contribution in [0.25, 0.3) is 0 Å². The van der Waals surface area contributed by atoms with E-state index in [-0.39, 0.29) is 0 Å². The van der Waals surface area contributed by atoms with Crippen molar-refractivity contribution in [1.29, 1.82) is 0 Å². The zero-order chi connectivity index (χ0) is 12.1. The fourth-order valence-corrected chi connectivity index (χ4v) is 3.29. The van der Waals surface area contributed by atoms with Gasteiger partial charge in [-0.25, -0.2) is 0 Å². The SMILES string of the molecule is CNc1nnc(CSCc2ccccc2C)s1. The van der Waals surface area contributed by atoms with E-state index in [1.54, 1.807) is 11.3 Å². The maximum Gasteiger partial charge on any atom is 0.205 e. The molecule has 0 amide bonds. The van der Waals surface area contributed by atoms with Gasteiger partial charge in [0.05, 0.1) is 0 Å². The van der Waals surface area contributed by atoms with Crippen molar-refractivity contribution in [2.45, 2.75) is 18.4 Å². The Morgan fingerprint density at radius 1 is 1.24 bits per heavy atom. The fraction of sp³-hybridized carbons (Fsp3) is 0.333. The second-order valence-electron chi connectivity index (χ2n) is 3.67. The topological polar surface area (TPSA) is 37.8 Å². The van der Waals surface area contributed by atoms with Gasteiger partial charge in [0.25, 0.3) is 0 Å². The van der Waals surface area contributed by atoms with Gasteiger partial charge in [-0.2, -0.15) is 0 Å². The largest absolute Gasteiger partial charge is 0.363 e. The molecule has 0 unspecified atom stereocenters. The predicted molar refractivity (Wildman–Crippen MR) is 75.6 cm³/mol. The summed E-state index contributed by atoms with van der Waals surface area (Å²) in [6, 6.07) is 8.50. The lowest BCUT2D eigenvalue weighted by molar-refractivity contribution is 1.04. The fourth-order valence-electron chi connectivity index (χ4n) is 1.43. The summed E-state index contributed by atoms with van der Waals surface area (Å²) in [5, 5.41) is 13.1. The summed E-state index contributed by atoms with van der Waals surface area (Å²) in [4.78, 5) is 0. The van der Waals surface area contributed by atoms with Gasteiger partial charge in [0, 0.05) is 18.6 Å². The Balaban J connectivity index is 1.85. The first kappa shape index (κ1) is 12.4. The number of rotatable bonds is 5. The van der Waals surface area contributed by atoms with Crippen LogP contribution in [-0.4, -0.2) is 17.2 Å². The molecule has 0 spiro atoms. The molecule has 0 atom stereocenters. The molecule has 0 fully saturated rings. The molecular weight excluding hydrogens is 250 g/mol. The van der Waals surface area contributed by atoms with Crippen molar-refractivity contribution >= 4 is 28.2 Å². The monoisotopic (exact) mass is 265 g/mol. The molecule has 1 N–H and O–H groups in total. The molecule has 0 saturated heterocycles. The Kier molecular flexibility index (Phi) is 4.39. The third-order valence-corrected chi connectivity index (χ3v) is 4.54. The maximum atomic E-state index is 4.13. The van der Waals surface area contributed by atoms with Gasteiger partial charge in [0.2, 0.25) is 5.13 Å². The van der Waals surface area contributed by atoms with Gasteiger partial charge >= 0.3 is 0 Å². The molecule has 90 valence electrons. The number of anilines is 1. The molecule has 0 radical (unpaired) electrons. The molecule has 0 saturated carbocycles.